The minimum atomic E-state index is -0.329. The SMILES string of the molecule is O=C(Nc1cccc(C(=O)Nc2nnc(Cc3ccc(Cl)cc3)s2)c1)c1ccccc1. The Kier molecular flexibility index (Phi) is 6.35. The number of halogens is 1. The first-order valence-electron chi connectivity index (χ1n) is 9.41. The van der Waals surface area contributed by atoms with E-state index in [0.29, 0.717) is 33.4 Å². The van der Waals surface area contributed by atoms with Crippen molar-refractivity contribution < 1.29 is 9.59 Å². The molecule has 0 fully saturated rings. The van der Waals surface area contributed by atoms with Crippen molar-refractivity contribution in [3.8, 4) is 0 Å². The fourth-order valence-corrected chi connectivity index (χ4v) is 3.75. The molecule has 0 aliphatic rings. The van der Waals surface area contributed by atoms with Gasteiger partial charge in [-0.25, -0.2) is 0 Å². The summed E-state index contributed by atoms with van der Waals surface area (Å²) in [6, 6.07) is 23.1. The highest BCUT2D eigenvalue weighted by Gasteiger charge is 2.12. The Balaban J connectivity index is 1.40. The average Bonchev–Trinajstić information content (AvgIpc) is 3.22. The normalized spacial score (nSPS) is 10.5. The largest absolute Gasteiger partial charge is 0.322 e. The van der Waals surface area contributed by atoms with Crippen molar-refractivity contribution in [1.29, 1.82) is 0 Å². The molecule has 1 aromatic heterocycles. The van der Waals surface area contributed by atoms with Gasteiger partial charge >= 0.3 is 0 Å². The number of benzene rings is 3. The smallest absolute Gasteiger partial charge is 0.257 e. The molecule has 4 aromatic rings. The van der Waals surface area contributed by atoms with E-state index in [4.69, 9.17) is 11.6 Å². The molecule has 2 amide bonds. The van der Waals surface area contributed by atoms with Crippen LogP contribution in [0, 0.1) is 0 Å². The molecule has 154 valence electrons. The number of rotatable bonds is 6. The number of anilines is 2. The quantitative estimate of drug-likeness (QED) is 0.420. The molecule has 1 heterocycles. The molecule has 8 heteroatoms. The Labute approximate surface area is 187 Å². The molecule has 0 spiro atoms. The summed E-state index contributed by atoms with van der Waals surface area (Å²) in [5.41, 5.74) is 2.53. The van der Waals surface area contributed by atoms with Gasteiger partial charge in [-0.2, -0.15) is 0 Å². The summed E-state index contributed by atoms with van der Waals surface area (Å²) >= 11 is 7.22. The van der Waals surface area contributed by atoms with Gasteiger partial charge in [-0.3, -0.25) is 14.9 Å². The Bertz CT molecular complexity index is 1210. The third-order valence-electron chi connectivity index (χ3n) is 4.37. The van der Waals surface area contributed by atoms with Crippen molar-refractivity contribution in [2.24, 2.45) is 0 Å². The maximum atomic E-state index is 12.6. The first-order chi connectivity index (χ1) is 15.1. The summed E-state index contributed by atoms with van der Waals surface area (Å²) in [6.45, 7) is 0. The molecule has 0 saturated carbocycles. The summed E-state index contributed by atoms with van der Waals surface area (Å²) in [5.74, 6) is -0.570. The lowest BCUT2D eigenvalue weighted by Crippen LogP contribution is -2.14. The van der Waals surface area contributed by atoms with Crippen molar-refractivity contribution in [2.45, 2.75) is 6.42 Å². The van der Waals surface area contributed by atoms with E-state index in [-0.39, 0.29) is 11.8 Å². The second-order valence-corrected chi connectivity index (χ2v) is 8.16. The zero-order chi connectivity index (χ0) is 21.6. The van der Waals surface area contributed by atoms with Gasteiger partial charge in [0, 0.05) is 28.3 Å². The van der Waals surface area contributed by atoms with Crippen LogP contribution in [0.3, 0.4) is 0 Å². The summed E-state index contributed by atoms with van der Waals surface area (Å²) in [7, 11) is 0. The molecule has 0 aliphatic carbocycles. The fraction of sp³-hybridized carbons (Fsp3) is 0.0435. The van der Waals surface area contributed by atoms with Crippen LogP contribution in [0.25, 0.3) is 0 Å². The zero-order valence-corrected chi connectivity index (χ0v) is 17.8. The summed E-state index contributed by atoms with van der Waals surface area (Å²) < 4.78 is 0. The molecule has 0 radical (unpaired) electrons. The van der Waals surface area contributed by atoms with E-state index in [1.54, 1.807) is 48.5 Å². The molecule has 3 aromatic carbocycles. The molecule has 2 N–H and O–H groups in total. The molecule has 0 bridgehead atoms. The Morgan fingerprint density at radius 2 is 1.52 bits per heavy atom. The molecule has 4 rings (SSSR count). The minimum absolute atomic E-state index is 0.242. The van der Waals surface area contributed by atoms with Gasteiger partial charge in [0.1, 0.15) is 5.01 Å². The topological polar surface area (TPSA) is 84.0 Å². The van der Waals surface area contributed by atoms with Crippen LogP contribution in [0.1, 0.15) is 31.3 Å². The number of nitrogens with one attached hydrogen (secondary N) is 2. The molecule has 6 nitrogen and oxygen atoms in total. The molecule has 0 unspecified atom stereocenters. The number of hydrogen-bond acceptors (Lipinski definition) is 5. The maximum Gasteiger partial charge on any atom is 0.257 e. The molecule has 0 atom stereocenters. The monoisotopic (exact) mass is 448 g/mol. The second kappa shape index (κ2) is 9.51. The van der Waals surface area contributed by atoms with E-state index in [0.717, 1.165) is 10.6 Å². The van der Waals surface area contributed by atoms with E-state index in [9.17, 15) is 9.59 Å². The Hall–Kier alpha value is -3.55. The summed E-state index contributed by atoms with van der Waals surface area (Å²) in [5, 5.41) is 15.6. The highest BCUT2D eigenvalue weighted by molar-refractivity contribution is 7.15. The number of carbonyl (C=O) groups is 2. The summed E-state index contributed by atoms with van der Waals surface area (Å²) in [6.07, 6.45) is 0.603. The maximum absolute atomic E-state index is 12.6. The van der Waals surface area contributed by atoms with Gasteiger partial charge < -0.3 is 5.32 Å². The highest BCUT2D eigenvalue weighted by atomic mass is 35.5. The van der Waals surface area contributed by atoms with Crippen LogP contribution < -0.4 is 10.6 Å². The number of carbonyl (C=O) groups excluding carboxylic acids is 2. The van der Waals surface area contributed by atoms with Crippen LogP contribution in [-0.4, -0.2) is 22.0 Å². The molecule has 0 saturated heterocycles. The van der Waals surface area contributed by atoms with Crippen LogP contribution in [0.15, 0.2) is 78.9 Å². The number of hydrogen-bond donors (Lipinski definition) is 2. The lowest BCUT2D eigenvalue weighted by atomic mass is 10.1. The van der Waals surface area contributed by atoms with E-state index in [1.807, 2.05) is 30.3 Å². The third kappa shape index (κ3) is 5.53. The van der Waals surface area contributed by atoms with Gasteiger partial charge in [-0.15, -0.1) is 10.2 Å². The van der Waals surface area contributed by atoms with Gasteiger partial charge in [0.05, 0.1) is 0 Å². The van der Waals surface area contributed by atoms with Crippen molar-refractivity contribution in [1.82, 2.24) is 10.2 Å². The second-order valence-electron chi connectivity index (χ2n) is 6.66. The zero-order valence-electron chi connectivity index (χ0n) is 16.2. The van der Waals surface area contributed by atoms with Gasteiger partial charge in [0.2, 0.25) is 5.13 Å². The number of amides is 2. The first kappa shape index (κ1) is 20.7. The van der Waals surface area contributed by atoms with E-state index in [2.05, 4.69) is 20.8 Å². The van der Waals surface area contributed by atoms with E-state index >= 15 is 0 Å². The number of nitrogens with zero attached hydrogens (tertiary/aromatic N) is 2. The van der Waals surface area contributed by atoms with Crippen LogP contribution in [0.5, 0.6) is 0 Å². The van der Waals surface area contributed by atoms with Crippen molar-refractivity contribution in [3.05, 3.63) is 106 Å². The van der Waals surface area contributed by atoms with Gasteiger partial charge in [-0.05, 0) is 48.0 Å². The highest BCUT2D eigenvalue weighted by Crippen LogP contribution is 2.21. The van der Waals surface area contributed by atoms with Gasteiger partial charge in [-0.1, -0.05) is 59.3 Å². The lowest BCUT2D eigenvalue weighted by molar-refractivity contribution is 0.101. The lowest BCUT2D eigenvalue weighted by Gasteiger charge is -2.07. The molecule has 31 heavy (non-hydrogen) atoms. The predicted molar refractivity (Wildman–Crippen MR) is 123 cm³/mol. The van der Waals surface area contributed by atoms with Crippen LogP contribution >= 0.6 is 22.9 Å². The predicted octanol–water partition coefficient (Wildman–Crippen LogP) is 5.29. The number of aromatic nitrogens is 2. The van der Waals surface area contributed by atoms with E-state index in [1.165, 1.54) is 11.3 Å². The third-order valence-corrected chi connectivity index (χ3v) is 5.47. The first-order valence-corrected chi connectivity index (χ1v) is 10.6. The van der Waals surface area contributed by atoms with Crippen molar-refractivity contribution in [2.75, 3.05) is 10.6 Å². The minimum Gasteiger partial charge on any atom is -0.322 e. The Morgan fingerprint density at radius 1 is 0.806 bits per heavy atom. The van der Waals surface area contributed by atoms with Crippen LogP contribution in [0.2, 0.25) is 5.02 Å². The van der Waals surface area contributed by atoms with E-state index < -0.39 is 0 Å². The molecular formula is C23H17ClN4O2S. The van der Waals surface area contributed by atoms with Gasteiger partial charge in [0.25, 0.3) is 11.8 Å². The van der Waals surface area contributed by atoms with Crippen LogP contribution in [-0.2, 0) is 6.42 Å². The molecular weight excluding hydrogens is 432 g/mol. The van der Waals surface area contributed by atoms with Gasteiger partial charge in [0.15, 0.2) is 0 Å². The Morgan fingerprint density at radius 3 is 2.29 bits per heavy atom. The van der Waals surface area contributed by atoms with Crippen molar-refractivity contribution >= 4 is 45.6 Å². The summed E-state index contributed by atoms with van der Waals surface area (Å²) in [4.78, 5) is 24.9. The van der Waals surface area contributed by atoms with Crippen molar-refractivity contribution in [3.63, 3.8) is 0 Å². The van der Waals surface area contributed by atoms with Crippen LogP contribution in [0.4, 0.5) is 10.8 Å². The fourth-order valence-electron chi connectivity index (χ4n) is 2.85. The molecule has 0 aliphatic heterocycles. The average molecular weight is 449 g/mol. The standard InChI is InChI=1S/C23H17ClN4O2S/c24-18-11-9-15(10-12-18)13-20-27-28-23(31-20)26-22(30)17-7-4-8-19(14-17)25-21(29)16-5-2-1-3-6-16/h1-12,14H,13H2,(H,25,29)(H,26,28,30).